The molecule has 0 saturated heterocycles. The fourth-order valence-corrected chi connectivity index (χ4v) is 120. The van der Waals surface area contributed by atoms with E-state index in [0.717, 1.165) is 0 Å². The van der Waals surface area contributed by atoms with E-state index < -0.39 is 48.1 Å². The number of rotatable bonds is 13. The molecule has 9 heteroatoms. The van der Waals surface area contributed by atoms with E-state index in [-0.39, 0.29) is 24.8 Å². The van der Waals surface area contributed by atoms with Gasteiger partial charge in [-0.05, 0) is 0 Å². The summed E-state index contributed by atoms with van der Waals surface area (Å²) in [7, 11) is -1.10. The Morgan fingerprint density at radius 3 is 1.57 bits per heavy atom. The molecule has 0 radical (unpaired) electrons. The van der Waals surface area contributed by atoms with E-state index in [1.807, 2.05) is 3.28 Å². The molecule has 2 atom stereocenters. The van der Waals surface area contributed by atoms with Crippen LogP contribution in [0.25, 0.3) is 0 Å². The van der Waals surface area contributed by atoms with Gasteiger partial charge in [-0.25, -0.2) is 0 Å². The molecular weight excluding hydrogens is 598 g/mol. The molecule has 0 saturated carbocycles. The zero-order chi connectivity index (χ0) is 21.6. The SMILES string of the molecule is CCCC[Si](C)([Zr+2]([C]1=CC=CC1)[Si](C)(CCCC)C(C)(C)[SiH2]Cl)C(C)(C)[SiH2]Cl.[Cl-].[Cl-]. The molecular formula is C21H45Cl4Si4Zr. The van der Waals surface area contributed by atoms with Crippen molar-refractivity contribution in [1.82, 2.24) is 0 Å². The summed E-state index contributed by atoms with van der Waals surface area (Å²) in [5, 5.41) is -2.92. The van der Waals surface area contributed by atoms with E-state index >= 15 is 0 Å². The molecule has 1 aliphatic carbocycles. The Morgan fingerprint density at radius 1 is 0.900 bits per heavy atom. The van der Waals surface area contributed by atoms with Gasteiger partial charge in [-0.15, -0.1) is 0 Å². The van der Waals surface area contributed by atoms with Crippen LogP contribution in [0.5, 0.6) is 0 Å². The minimum absolute atomic E-state index is 0. The summed E-state index contributed by atoms with van der Waals surface area (Å²) < 4.78 is 2.89. The molecule has 1 aliphatic rings. The smallest absolute Gasteiger partial charge is 1.00 e. The molecule has 1 rings (SSSR count). The van der Waals surface area contributed by atoms with Crippen LogP contribution >= 0.6 is 22.2 Å². The zero-order valence-corrected chi connectivity index (χ0v) is 30.9. The Hall–Kier alpha value is 2.39. The minimum atomic E-state index is -1.92. The number of halogens is 4. The third-order valence-electron chi connectivity index (χ3n) is 7.91. The van der Waals surface area contributed by atoms with Gasteiger partial charge in [0.15, 0.2) is 0 Å². The van der Waals surface area contributed by atoms with Crippen LogP contribution in [0.2, 0.25) is 34.5 Å². The molecule has 2 unspecified atom stereocenters. The van der Waals surface area contributed by atoms with Crippen LogP contribution in [0, 0.1) is 0 Å². The van der Waals surface area contributed by atoms with Crippen molar-refractivity contribution in [3.63, 3.8) is 0 Å². The van der Waals surface area contributed by atoms with Crippen LogP contribution in [0.4, 0.5) is 0 Å². The van der Waals surface area contributed by atoms with Gasteiger partial charge in [-0.3, -0.25) is 0 Å². The normalized spacial score (nSPS) is 18.8. The van der Waals surface area contributed by atoms with Gasteiger partial charge in [0.1, 0.15) is 0 Å². The summed E-state index contributed by atoms with van der Waals surface area (Å²) >= 11 is 11.8. The predicted molar refractivity (Wildman–Crippen MR) is 141 cm³/mol. The molecule has 177 valence electrons. The minimum Gasteiger partial charge on any atom is -1.00 e. The Balaban J connectivity index is 0. The van der Waals surface area contributed by atoms with Crippen molar-refractivity contribution in [1.29, 1.82) is 0 Å². The quantitative estimate of drug-likeness (QED) is 0.210. The molecule has 0 nitrogen and oxygen atoms in total. The van der Waals surface area contributed by atoms with Crippen LogP contribution in [0.1, 0.15) is 73.6 Å². The first-order chi connectivity index (χ1) is 13.0. The number of hydrogen-bond donors (Lipinski definition) is 0. The van der Waals surface area contributed by atoms with Gasteiger partial charge in [0.25, 0.3) is 0 Å². The molecule has 0 aliphatic heterocycles. The second-order valence-corrected chi connectivity index (χ2v) is 55.3. The average molecular weight is 643 g/mol. The van der Waals surface area contributed by atoms with Gasteiger partial charge in [0.2, 0.25) is 0 Å². The third-order valence-corrected chi connectivity index (χ3v) is 92.3. The fraction of sp³-hybridized carbons (Fsp3) is 0.810. The van der Waals surface area contributed by atoms with E-state index in [1.165, 1.54) is 44.2 Å². The van der Waals surface area contributed by atoms with Crippen molar-refractivity contribution in [3.05, 3.63) is 21.5 Å². The van der Waals surface area contributed by atoms with Gasteiger partial charge >= 0.3 is 200 Å². The Kier molecular flexibility index (Phi) is 16.9. The summed E-state index contributed by atoms with van der Waals surface area (Å²) in [5.74, 6) is 0. The number of allylic oxidation sites excluding steroid dienone is 4. The van der Waals surface area contributed by atoms with E-state index in [9.17, 15) is 0 Å². The Labute approximate surface area is 222 Å². The predicted octanol–water partition coefficient (Wildman–Crippen LogP) is 1.33. The fourth-order valence-electron chi connectivity index (χ4n) is 4.91. The molecule has 0 amide bonds. The molecule has 0 heterocycles. The first-order valence-corrected chi connectivity index (χ1v) is 31.0. The maximum atomic E-state index is 6.88. The van der Waals surface area contributed by atoms with Crippen LogP contribution in [0.3, 0.4) is 0 Å². The molecule has 0 aromatic heterocycles. The van der Waals surface area contributed by atoms with Crippen molar-refractivity contribution in [3.8, 4) is 0 Å². The maximum absolute atomic E-state index is 6.88. The average Bonchev–Trinajstić information content (AvgIpc) is 3.18. The van der Waals surface area contributed by atoms with E-state index in [1.54, 1.807) is 0 Å². The summed E-state index contributed by atoms with van der Waals surface area (Å²) in [6.45, 7) is 20.8. The molecule has 0 aromatic rings. The molecule has 0 bridgehead atoms. The molecule has 0 aromatic carbocycles. The first kappa shape index (κ1) is 34.6. The number of hydrogen-bond acceptors (Lipinski definition) is 0. The Morgan fingerprint density at radius 2 is 1.30 bits per heavy atom. The second kappa shape index (κ2) is 14.7. The summed E-state index contributed by atoms with van der Waals surface area (Å²) in [6, 6.07) is 3.05. The van der Waals surface area contributed by atoms with E-state index in [0.29, 0.717) is 9.32 Å². The van der Waals surface area contributed by atoms with Crippen molar-refractivity contribution < 1.29 is 44.9 Å². The van der Waals surface area contributed by atoms with Gasteiger partial charge in [-0.1, -0.05) is 0 Å². The summed E-state index contributed by atoms with van der Waals surface area (Å²) in [6.07, 6.45) is 14.1. The van der Waals surface area contributed by atoms with Gasteiger partial charge in [0, 0.05) is 0 Å². The van der Waals surface area contributed by atoms with Crippen molar-refractivity contribution >= 4 is 50.2 Å². The second-order valence-electron chi connectivity index (χ2n) is 10.6. The topological polar surface area (TPSA) is 0 Å². The maximum Gasteiger partial charge on any atom is -1.00 e. The standard InChI is InChI=1S/2C8H20ClSi2.C5H5.2ClH.Zr/c2*1-5-6-7-11(4)8(2,3)10-9;1-2-4-5-3-1;;;/h2*5-7,10H2,1-4H3;1-3H,4H2;2*1H;/q;;;;;+2/p-2. The van der Waals surface area contributed by atoms with Crippen LogP contribution in [-0.4, -0.2) is 28.1 Å². The van der Waals surface area contributed by atoms with Gasteiger partial charge < -0.3 is 24.8 Å². The summed E-state index contributed by atoms with van der Waals surface area (Å²) in [5.41, 5.74) is 0. The van der Waals surface area contributed by atoms with Crippen molar-refractivity contribution in [2.45, 2.75) is 108 Å². The first-order valence-electron chi connectivity index (χ1n) is 11.3. The van der Waals surface area contributed by atoms with Gasteiger partial charge in [0.05, 0.1) is 0 Å². The van der Waals surface area contributed by atoms with Crippen molar-refractivity contribution in [2.75, 3.05) is 0 Å². The molecule has 0 spiro atoms. The third kappa shape index (κ3) is 7.44. The largest absolute Gasteiger partial charge is 1.00 e. The Bertz CT molecular complexity index is 537. The van der Waals surface area contributed by atoms with Crippen LogP contribution < -0.4 is 24.8 Å². The summed E-state index contributed by atoms with van der Waals surface area (Å²) in [4.78, 5) is 0. The van der Waals surface area contributed by atoms with E-state index in [2.05, 4.69) is 72.9 Å². The van der Waals surface area contributed by atoms with Crippen molar-refractivity contribution in [2.24, 2.45) is 0 Å². The number of unbranched alkanes of at least 4 members (excludes halogenated alkanes) is 2. The molecule has 30 heavy (non-hydrogen) atoms. The molecule has 0 fully saturated rings. The molecule has 0 N–H and O–H groups in total. The monoisotopic (exact) mass is 639 g/mol. The zero-order valence-electron chi connectivity index (χ0n) is 20.6. The van der Waals surface area contributed by atoms with Crippen LogP contribution in [0.15, 0.2) is 21.5 Å². The van der Waals surface area contributed by atoms with Crippen LogP contribution in [-0.2, 0) is 20.1 Å². The van der Waals surface area contributed by atoms with E-state index in [4.69, 9.17) is 22.2 Å². The van der Waals surface area contributed by atoms with Gasteiger partial charge in [-0.2, -0.15) is 0 Å².